The molecule has 0 aliphatic heterocycles. The molecule has 0 atom stereocenters. The molecule has 0 fully saturated rings. The molecule has 1 aromatic heterocycles. The summed E-state index contributed by atoms with van der Waals surface area (Å²) in [4.78, 5) is 16.4. The van der Waals surface area contributed by atoms with Crippen LogP contribution < -0.4 is 10.1 Å². The van der Waals surface area contributed by atoms with E-state index >= 15 is 0 Å². The zero-order chi connectivity index (χ0) is 16.4. The smallest absolute Gasteiger partial charge is 0.408 e. The first-order chi connectivity index (χ1) is 11.0. The molecule has 0 aliphatic rings. The highest BCUT2D eigenvalue weighted by molar-refractivity contribution is 6.35. The van der Waals surface area contributed by atoms with E-state index in [1.807, 2.05) is 38.1 Å². The van der Waals surface area contributed by atoms with Gasteiger partial charge < -0.3 is 4.74 Å². The van der Waals surface area contributed by atoms with E-state index in [2.05, 4.69) is 10.3 Å². The van der Waals surface area contributed by atoms with E-state index in [9.17, 15) is 4.79 Å². The van der Waals surface area contributed by atoms with Crippen LogP contribution in [0.3, 0.4) is 0 Å². The van der Waals surface area contributed by atoms with Gasteiger partial charge in [-0.25, -0.2) is 4.79 Å². The fraction of sp³-hybridized carbons (Fsp3) is 0.111. The third-order valence-corrected chi connectivity index (χ3v) is 3.83. The summed E-state index contributed by atoms with van der Waals surface area (Å²) in [6.07, 6.45) is 1.07. The van der Waals surface area contributed by atoms with Gasteiger partial charge in [-0.15, -0.1) is 0 Å². The number of hydrogen-bond donors (Lipinski definition) is 1. The average molecular weight is 327 g/mol. The molecular formula is C18H15ClN2O2. The number of benzene rings is 2. The Bertz CT molecular complexity index is 893. The van der Waals surface area contributed by atoms with Gasteiger partial charge in [0, 0.05) is 17.3 Å². The molecule has 0 spiro atoms. The van der Waals surface area contributed by atoms with E-state index in [1.54, 1.807) is 24.4 Å². The maximum absolute atomic E-state index is 12.2. The van der Waals surface area contributed by atoms with Crippen LogP contribution in [0.25, 0.3) is 10.9 Å². The summed E-state index contributed by atoms with van der Waals surface area (Å²) in [5.74, 6) is 0.368. The Morgan fingerprint density at radius 2 is 2.00 bits per heavy atom. The molecule has 0 bridgehead atoms. The molecule has 5 heteroatoms. The van der Waals surface area contributed by atoms with Crippen molar-refractivity contribution in [2.45, 2.75) is 13.8 Å². The molecule has 2 aromatic carbocycles. The van der Waals surface area contributed by atoms with Crippen molar-refractivity contribution >= 4 is 34.3 Å². The van der Waals surface area contributed by atoms with Crippen LogP contribution in [0.4, 0.5) is 10.5 Å². The molecule has 4 nitrogen and oxygen atoms in total. The maximum atomic E-state index is 12.2. The zero-order valence-corrected chi connectivity index (χ0v) is 13.5. The first kappa shape index (κ1) is 15.3. The summed E-state index contributed by atoms with van der Waals surface area (Å²) >= 11 is 6.13. The molecule has 0 radical (unpaired) electrons. The van der Waals surface area contributed by atoms with Gasteiger partial charge in [-0.1, -0.05) is 29.3 Å². The number of aryl methyl sites for hydroxylation is 2. The minimum Gasteiger partial charge on any atom is -0.408 e. The van der Waals surface area contributed by atoms with Gasteiger partial charge >= 0.3 is 6.09 Å². The van der Waals surface area contributed by atoms with E-state index in [-0.39, 0.29) is 0 Å². The number of aromatic nitrogens is 1. The largest absolute Gasteiger partial charge is 0.417 e. The average Bonchev–Trinajstić information content (AvgIpc) is 2.53. The number of anilines is 1. The van der Waals surface area contributed by atoms with Crippen LogP contribution in [0.15, 0.2) is 48.7 Å². The number of rotatable bonds is 2. The van der Waals surface area contributed by atoms with E-state index in [4.69, 9.17) is 16.3 Å². The lowest BCUT2D eigenvalue weighted by Gasteiger charge is -2.11. The second-order valence-electron chi connectivity index (χ2n) is 5.28. The second kappa shape index (κ2) is 6.26. The Morgan fingerprint density at radius 1 is 1.17 bits per heavy atom. The van der Waals surface area contributed by atoms with Crippen molar-refractivity contribution in [2.75, 3.05) is 5.32 Å². The van der Waals surface area contributed by atoms with Crippen LogP contribution in [-0.2, 0) is 0 Å². The summed E-state index contributed by atoms with van der Waals surface area (Å²) in [7, 11) is 0. The number of carbonyl (C=O) groups is 1. The van der Waals surface area contributed by atoms with Gasteiger partial charge in [-0.3, -0.25) is 10.3 Å². The topological polar surface area (TPSA) is 51.2 Å². The van der Waals surface area contributed by atoms with Gasteiger partial charge in [0.15, 0.2) is 5.75 Å². The number of pyridine rings is 1. The van der Waals surface area contributed by atoms with Crippen LogP contribution in [0.2, 0.25) is 5.02 Å². The summed E-state index contributed by atoms with van der Waals surface area (Å²) < 4.78 is 5.40. The monoisotopic (exact) mass is 326 g/mol. The predicted octanol–water partition coefficient (Wildman–Crippen LogP) is 5.12. The fourth-order valence-electron chi connectivity index (χ4n) is 2.38. The molecule has 0 saturated carbocycles. The summed E-state index contributed by atoms with van der Waals surface area (Å²) in [5.41, 5.74) is 3.37. The molecule has 0 saturated heterocycles. The van der Waals surface area contributed by atoms with Crippen LogP contribution >= 0.6 is 11.6 Å². The van der Waals surface area contributed by atoms with Gasteiger partial charge in [0.25, 0.3) is 0 Å². The third-order valence-electron chi connectivity index (χ3n) is 3.50. The van der Waals surface area contributed by atoms with Gasteiger partial charge in [-0.2, -0.15) is 0 Å². The van der Waals surface area contributed by atoms with Crippen molar-refractivity contribution in [3.8, 4) is 5.75 Å². The van der Waals surface area contributed by atoms with Crippen molar-refractivity contribution in [3.63, 3.8) is 0 Å². The summed E-state index contributed by atoms with van der Waals surface area (Å²) in [6, 6.07) is 12.7. The quantitative estimate of drug-likeness (QED) is 0.711. The Kier molecular flexibility index (Phi) is 4.17. The van der Waals surface area contributed by atoms with Crippen LogP contribution in [0.5, 0.6) is 5.75 Å². The van der Waals surface area contributed by atoms with Crippen LogP contribution in [-0.4, -0.2) is 11.1 Å². The molecule has 1 N–H and O–H groups in total. The van der Waals surface area contributed by atoms with Gasteiger partial charge in [0.1, 0.15) is 5.52 Å². The van der Waals surface area contributed by atoms with E-state index < -0.39 is 6.09 Å². The number of hydrogen-bond acceptors (Lipinski definition) is 3. The first-order valence-electron chi connectivity index (χ1n) is 7.14. The van der Waals surface area contributed by atoms with E-state index in [1.165, 1.54) is 0 Å². The first-order valence-corrected chi connectivity index (χ1v) is 7.52. The number of ether oxygens (including phenoxy) is 1. The van der Waals surface area contributed by atoms with Crippen molar-refractivity contribution in [2.24, 2.45) is 0 Å². The van der Waals surface area contributed by atoms with Crippen LogP contribution in [0.1, 0.15) is 11.1 Å². The van der Waals surface area contributed by atoms with Crippen LogP contribution in [0, 0.1) is 13.8 Å². The lowest BCUT2D eigenvalue weighted by molar-refractivity contribution is 0.215. The number of fused-ring (bicyclic) bond motifs is 1. The lowest BCUT2D eigenvalue weighted by atomic mass is 10.1. The minimum atomic E-state index is -0.564. The standard InChI is InChI=1S/C18H15ClN2O2/c1-11-5-7-15(12(2)10-11)21-18(22)23-16-8-6-14(19)13-4-3-9-20-17(13)16/h3-10H,1-2H3,(H,21,22). The number of nitrogens with zero attached hydrogens (tertiary/aromatic N) is 1. The minimum absolute atomic E-state index is 0.368. The molecule has 0 unspecified atom stereocenters. The molecule has 23 heavy (non-hydrogen) atoms. The molecule has 3 aromatic rings. The van der Waals surface area contributed by atoms with E-state index in [0.29, 0.717) is 22.0 Å². The highest BCUT2D eigenvalue weighted by Crippen LogP contribution is 2.30. The van der Waals surface area contributed by atoms with Gasteiger partial charge in [0.2, 0.25) is 0 Å². The number of amides is 1. The van der Waals surface area contributed by atoms with E-state index in [0.717, 1.165) is 16.5 Å². The number of nitrogens with one attached hydrogen (secondary N) is 1. The van der Waals surface area contributed by atoms with Gasteiger partial charge in [0.05, 0.1) is 5.02 Å². The Balaban J connectivity index is 1.85. The molecule has 0 aliphatic carbocycles. The second-order valence-corrected chi connectivity index (χ2v) is 5.69. The number of halogens is 1. The molecule has 1 heterocycles. The normalized spacial score (nSPS) is 10.6. The molecule has 3 rings (SSSR count). The fourth-order valence-corrected chi connectivity index (χ4v) is 2.60. The molecule has 1 amide bonds. The number of carbonyl (C=O) groups excluding carboxylic acids is 1. The van der Waals surface area contributed by atoms with Crippen molar-refractivity contribution in [1.29, 1.82) is 0 Å². The van der Waals surface area contributed by atoms with Gasteiger partial charge in [-0.05, 0) is 49.7 Å². The zero-order valence-electron chi connectivity index (χ0n) is 12.8. The molecule has 116 valence electrons. The van der Waals surface area contributed by atoms with Crippen molar-refractivity contribution in [1.82, 2.24) is 4.98 Å². The Hall–Kier alpha value is -2.59. The summed E-state index contributed by atoms with van der Waals surface area (Å²) in [5, 5.41) is 4.05. The Labute approximate surface area is 139 Å². The lowest BCUT2D eigenvalue weighted by Crippen LogP contribution is -2.17. The maximum Gasteiger partial charge on any atom is 0.417 e. The van der Waals surface area contributed by atoms with Crippen molar-refractivity contribution < 1.29 is 9.53 Å². The van der Waals surface area contributed by atoms with Crippen molar-refractivity contribution in [3.05, 3.63) is 64.8 Å². The highest BCUT2D eigenvalue weighted by atomic mass is 35.5. The third kappa shape index (κ3) is 3.27. The highest BCUT2D eigenvalue weighted by Gasteiger charge is 2.12. The molecular weight excluding hydrogens is 312 g/mol. The summed E-state index contributed by atoms with van der Waals surface area (Å²) in [6.45, 7) is 3.93. The Morgan fingerprint density at radius 3 is 2.78 bits per heavy atom. The SMILES string of the molecule is Cc1ccc(NC(=O)Oc2ccc(Cl)c3cccnc23)c(C)c1. The predicted molar refractivity (Wildman–Crippen MR) is 92.3 cm³/mol.